The Bertz CT molecular complexity index is 357. The van der Waals surface area contributed by atoms with E-state index in [9.17, 15) is 4.79 Å². The summed E-state index contributed by atoms with van der Waals surface area (Å²) < 4.78 is 5.45. The van der Waals surface area contributed by atoms with E-state index < -0.39 is 5.97 Å². The lowest BCUT2D eigenvalue weighted by atomic mass is 10.3. The van der Waals surface area contributed by atoms with Gasteiger partial charge in [-0.3, -0.25) is 4.79 Å². The normalized spacial score (nSPS) is 10.2. The molecule has 17 heavy (non-hydrogen) atoms. The Morgan fingerprint density at radius 1 is 1.41 bits per heavy atom. The van der Waals surface area contributed by atoms with E-state index in [1.807, 2.05) is 12.1 Å². The summed E-state index contributed by atoms with van der Waals surface area (Å²) in [5, 5.41) is 12.2. The molecule has 1 aromatic carbocycles. The number of carboxylic acid groups (broad SMARTS) is 1. The van der Waals surface area contributed by atoms with Crippen molar-refractivity contribution in [1.29, 1.82) is 0 Å². The molecule has 1 aromatic rings. The molecule has 0 aliphatic rings. The number of aliphatic carboxylic acids is 1. The molecule has 2 N–H and O–H groups in total. The third-order valence-electron chi connectivity index (χ3n) is 2.09. The molecule has 0 unspecified atom stereocenters. The summed E-state index contributed by atoms with van der Waals surface area (Å²) in [6.45, 7) is 1.91. The number of ether oxygens (including phenoxy) is 1. The SMILES string of the molecule is O=C(O)CCCNCCOc1cccc(Cl)c1. The quantitative estimate of drug-likeness (QED) is 0.701. The van der Waals surface area contributed by atoms with Crippen LogP contribution < -0.4 is 10.1 Å². The summed E-state index contributed by atoms with van der Waals surface area (Å²) in [5.41, 5.74) is 0. The maximum absolute atomic E-state index is 10.2. The standard InChI is InChI=1S/C12H16ClNO3/c13-10-3-1-4-11(9-10)17-8-7-14-6-2-5-12(15)16/h1,3-4,9,14H,2,5-8H2,(H,15,16). The van der Waals surface area contributed by atoms with Crippen LogP contribution in [0.15, 0.2) is 24.3 Å². The van der Waals surface area contributed by atoms with Crippen molar-refractivity contribution < 1.29 is 14.6 Å². The first-order valence-corrected chi connectivity index (χ1v) is 5.87. The van der Waals surface area contributed by atoms with Gasteiger partial charge in [0, 0.05) is 18.0 Å². The van der Waals surface area contributed by atoms with Gasteiger partial charge >= 0.3 is 5.97 Å². The molecule has 0 aliphatic heterocycles. The first kappa shape index (κ1) is 13.8. The van der Waals surface area contributed by atoms with E-state index in [0.717, 1.165) is 5.75 Å². The minimum atomic E-state index is -0.762. The molecule has 0 aliphatic carbocycles. The average Bonchev–Trinajstić information content (AvgIpc) is 2.27. The summed E-state index contributed by atoms with van der Waals surface area (Å²) in [6.07, 6.45) is 0.828. The third-order valence-corrected chi connectivity index (χ3v) is 2.32. The second-order valence-corrected chi connectivity index (χ2v) is 3.99. The van der Waals surface area contributed by atoms with Crippen molar-refractivity contribution in [3.63, 3.8) is 0 Å². The molecule has 0 atom stereocenters. The Labute approximate surface area is 106 Å². The van der Waals surface area contributed by atoms with Crippen LogP contribution in [0.4, 0.5) is 0 Å². The van der Waals surface area contributed by atoms with Crippen molar-refractivity contribution in [2.24, 2.45) is 0 Å². The van der Waals surface area contributed by atoms with E-state index >= 15 is 0 Å². The number of rotatable bonds is 8. The van der Waals surface area contributed by atoms with Crippen molar-refractivity contribution in [2.45, 2.75) is 12.8 Å². The highest BCUT2D eigenvalue weighted by Gasteiger charge is 1.96. The molecule has 0 heterocycles. The Hall–Kier alpha value is -1.26. The van der Waals surface area contributed by atoms with Crippen LogP contribution >= 0.6 is 11.6 Å². The van der Waals surface area contributed by atoms with Crippen LogP contribution in [0.1, 0.15) is 12.8 Å². The summed E-state index contributed by atoms with van der Waals surface area (Å²) in [7, 11) is 0. The Kier molecular flexibility index (Phi) is 6.43. The predicted molar refractivity (Wildman–Crippen MR) is 66.7 cm³/mol. The van der Waals surface area contributed by atoms with E-state index in [1.165, 1.54) is 0 Å². The molecule has 0 amide bonds. The van der Waals surface area contributed by atoms with Crippen molar-refractivity contribution >= 4 is 17.6 Å². The Morgan fingerprint density at radius 3 is 2.94 bits per heavy atom. The molecule has 1 rings (SSSR count). The van der Waals surface area contributed by atoms with Crippen molar-refractivity contribution in [3.8, 4) is 5.75 Å². The van der Waals surface area contributed by atoms with E-state index in [0.29, 0.717) is 31.1 Å². The molecule has 0 spiro atoms. The van der Waals surface area contributed by atoms with Gasteiger partial charge in [0.05, 0.1) is 0 Å². The van der Waals surface area contributed by atoms with Crippen LogP contribution in [-0.2, 0) is 4.79 Å². The molecular weight excluding hydrogens is 242 g/mol. The first-order valence-electron chi connectivity index (χ1n) is 5.49. The minimum absolute atomic E-state index is 0.197. The Morgan fingerprint density at radius 2 is 2.24 bits per heavy atom. The average molecular weight is 258 g/mol. The maximum atomic E-state index is 10.2. The topological polar surface area (TPSA) is 58.6 Å². The van der Waals surface area contributed by atoms with Gasteiger partial charge in [-0.15, -0.1) is 0 Å². The maximum Gasteiger partial charge on any atom is 0.303 e. The zero-order valence-electron chi connectivity index (χ0n) is 9.49. The number of halogens is 1. The van der Waals surface area contributed by atoms with Crippen LogP contribution in [0, 0.1) is 0 Å². The van der Waals surface area contributed by atoms with Gasteiger partial charge in [0.25, 0.3) is 0 Å². The minimum Gasteiger partial charge on any atom is -0.492 e. The molecule has 0 fully saturated rings. The summed E-state index contributed by atoms with van der Waals surface area (Å²) in [6, 6.07) is 7.22. The summed E-state index contributed by atoms with van der Waals surface area (Å²) in [5.74, 6) is -0.0215. The highest BCUT2D eigenvalue weighted by atomic mass is 35.5. The van der Waals surface area contributed by atoms with Crippen LogP contribution in [0.2, 0.25) is 5.02 Å². The molecule has 5 heteroatoms. The molecule has 94 valence electrons. The van der Waals surface area contributed by atoms with Gasteiger partial charge in [0.2, 0.25) is 0 Å². The number of carbonyl (C=O) groups is 1. The van der Waals surface area contributed by atoms with Crippen LogP contribution in [0.3, 0.4) is 0 Å². The fourth-order valence-electron chi connectivity index (χ4n) is 1.29. The van der Waals surface area contributed by atoms with Gasteiger partial charge < -0.3 is 15.2 Å². The molecule has 0 radical (unpaired) electrons. The van der Waals surface area contributed by atoms with Crippen LogP contribution in [-0.4, -0.2) is 30.8 Å². The van der Waals surface area contributed by atoms with Gasteiger partial charge in [-0.2, -0.15) is 0 Å². The lowest BCUT2D eigenvalue weighted by molar-refractivity contribution is -0.137. The Balaban J connectivity index is 2.03. The highest BCUT2D eigenvalue weighted by Crippen LogP contribution is 2.16. The molecular formula is C12H16ClNO3. The van der Waals surface area contributed by atoms with Gasteiger partial charge in [-0.1, -0.05) is 17.7 Å². The molecule has 0 aromatic heterocycles. The van der Waals surface area contributed by atoms with Crippen molar-refractivity contribution in [2.75, 3.05) is 19.7 Å². The fraction of sp³-hybridized carbons (Fsp3) is 0.417. The zero-order valence-corrected chi connectivity index (χ0v) is 10.2. The van der Waals surface area contributed by atoms with Gasteiger partial charge in [-0.25, -0.2) is 0 Å². The largest absolute Gasteiger partial charge is 0.492 e. The predicted octanol–water partition coefficient (Wildman–Crippen LogP) is 2.17. The number of nitrogens with one attached hydrogen (secondary N) is 1. The molecule has 0 saturated heterocycles. The summed E-state index contributed by atoms with van der Waals surface area (Å²) >= 11 is 5.80. The number of hydrogen-bond donors (Lipinski definition) is 2. The van der Waals surface area contributed by atoms with Crippen LogP contribution in [0.25, 0.3) is 0 Å². The second kappa shape index (κ2) is 7.92. The monoisotopic (exact) mass is 257 g/mol. The lowest BCUT2D eigenvalue weighted by Gasteiger charge is -2.07. The van der Waals surface area contributed by atoms with Gasteiger partial charge in [0.1, 0.15) is 12.4 Å². The van der Waals surface area contributed by atoms with E-state index in [-0.39, 0.29) is 6.42 Å². The van der Waals surface area contributed by atoms with Crippen LogP contribution in [0.5, 0.6) is 5.75 Å². The zero-order chi connectivity index (χ0) is 12.5. The fourth-order valence-corrected chi connectivity index (χ4v) is 1.47. The van der Waals surface area contributed by atoms with Gasteiger partial charge in [-0.05, 0) is 31.2 Å². The van der Waals surface area contributed by atoms with Gasteiger partial charge in [0.15, 0.2) is 0 Å². The first-order chi connectivity index (χ1) is 8.18. The van der Waals surface area contributed by atoms with E-state index in [4.69, 9.17) is 21.4 Å². The lowest BCUT2D eigenvalue weighted by Crippen LogP contribution is -2.22. The summed E-state index contributed by atoms with van der Waals surface area (Å²) in [4.78, 5) is 10.2. The third kappa shape index (κ3) is 6.81. The highest BCUT2D eigenvalue weighted by molar-refractivity contribution is 6.30. The van der Waals surface area contributed by atoms with Crippen molar-refractivity contribution in [1.82, 2.24) is 5.32 Å². The number of benzene rings is 1. The van der Waals surface area contributed by atoms with Crippen molar-refractivity contribution in [3.05, 3.63) is 29.3 Å². The molecule has 0 saturated carbocycles. The number of hydrogen-bond acceptors (Lipinski definition) is 3. The number of carboxylic acids is 1. The van der Waals surface area contributed by atoms with E-state index in [1.54, 1.807) is 12.1 Å². The molecule has 0 bridgehead atoms. The second-order valence-electron chi connectivity index (χ2n) is 3.55. The smallest absolute Gasteiger partial charge is 0.303 e. The van der Waals surface area contributed by atoms with E-state index in [2.05, 4.69) is 5.32 Å². The molecule has 4 nitrogen and oxygen atoms in total.